The molecule has 9 heteroatoms. The lowest BCUT2D eigenvalue weighted by Gasteiger charge is -2.52. The summed E-state index contributed by atoms with van der Waals surface area (Å²) in [4.78, 5) is 52.8. The molecule has 0 aliphatic carbocycles. The maximum Gasteiger partial charge on any atom is 0.311 e. The van der Waals surface area contributed by atoms with Crippen molar-refractivity contribution in [2.24, 2.45) is 33.0 Å². The number of hydrogen-bond acceptors (Lipinski definition) is 9. The van der Waals surface area contributed by atoms with Gasteiger partial charge in [0.25, 0.3) is 0 Å². The number of esters is 4. The number of unbranched alkanes of at least 4 members (excludes halogenated alkanes) is 2. The molecule has 0 aliphatic rings. The predicted octanol–water partition coefficient (Wildman–Crippen LogP) is 6.51. The van der Waals surface area contributed by atoms with Gasteiger partial charge >= 0.3 is 23.9 Å². The number of hydrogen-bond donors (Lipinski definition) is 1. The van der Waals surface area contributed by atoms with Crippen LogP contribution in [0.25, 0.3) is 0 Å². The Morgan fingerprint density at radius 2 is 1.28 bits per heavy atom. The average molecular weight is 614 g/mol. The third-order valence-corrected chi connectivity index (χ3v) is 9.51. The third kappa shape index (κ3) is 11.7. The second-order valence-electron chi connectivity index (χ2n) is 14.6. The number of methoxy groups -OCH3 is 3. The summed E-state index contributed by atoms with van der Waals surface area (Å²) in [5.41, 5.74) is -4.05. The molecule has 0 saturated heterocycles. The molecule has 0 aromatic heterocycles. The Morgan fingerprint density at radius 1 is 0.721 bits per heavy atom. The molecule has 0 rings (SSSR count). The Bertz CT molecular complexity index is 916. The Balaban J connectivity index is 7.05. The van der Waals surface area contributed by atoms with E-state index in [-0.39, 0.29) is 30.8 Å². The van der Waals surface area contributed by atoms with Crippen LogP contribution in [-0.2, 0) is 38.1 Å². The van der Waals surface area contributed by atoms with Crippen LogP contribution in [0, 0.1) is 33.0 Å². The van der Waals surface area contributed by atoms with E-state index in [0.717, 1.165) is 25.7 Å². The summed E-state index contributed by atoms with van der Waals surface area (Å²) >= 11 is 0. The van der Waals surface area contributed by atoms with Crippen molar-refractivity contribution >= 4 is 23.9 Å². The lowest BCUT2D eigenvalue weighted by Crippen LogP contribution is -2.49. The zero-order chi connectivity index (χ0) is 33.7. The fraction of sp³-hybridized carbons (Fsp3) is 0.882. The molecule has 0 aromatic carbocycles. The van der Waals surface area contributed by atoms with E-state index in [1.54, 1.807) is 20.8 Å². The zero-order valence-electron chi connectivity index (χ0n) is 29.6. The van der Waals surface area contributed by atoms with E-state index in [1.807, 2.05) is 20.9 Å². The highest BCUT2D eigenvalue weighted by Gasteiger charge is 2.55. The summed E-state index contributed by atoms with van der Waals surface area (Å²) in [7, 11) is 5.89. The topological polar surface area (TPSA) is 117 Å². The molecule has 0 radical (unpaired) electrons. The van der Waals surface area contributed by atoms with Crippen LogP contribution in [0.3, 0.4) is 0 Å². The molecular weight excluding hydrogens is 550 g/mol. The molecule has 0 aromatic rings. The molecule has 1 N–H and O–H groups in total. The first-order chi connectivity index (χ1) is 19.7. The summed E-state index contributed by atoms with van der Waals surface area (Å²) < 4.78 is 21.3. The SMILES string of the molecule is CCCCCC(C)(C)C(C)(CC(C)(CC(C)(C)C(=O)OC)C(=O)OC)CC(C)(CC(C)C(=O)OC)C(=O)OCCCNC. The molecule has 0 spiro atoms. The minimum absolute atomic E-state index is 0.198. The van der Waals surface area contributed by atoms with Crippen molar-refractivity contribution in [1.82, 2.24) is 5.32 Å². The van der Waals surface area contributed by atoms with Crippen molar-refractivity contribution in [3.63, 3.8) is 0 Å². The second-order valence-corrected chi connectivity index (χ2v) is 14.6. The number of carbonyl (C=O) groups is 4. The molecule has 9 nitrogen and oxygen atoms in total. The van der Waals surface area contributed by atoms with Gasteiger partial charge in [0.05, 0.1) is 50.1 Å². The lowest BCUT2D eigenvalue weighted by atomic mass is 9.51. The molecule has 4 atom stereocenters. The van der Waals surface area contributed by atoms with E-state index in [1.165, 1.54) is 21.3 Å². The highest BCUT2D eigenvalue weighted by Crippen LogP contribution is 2.58. The van der Waals surface area contributed by atoms with Crippen molar-refractivity contribution in [2.75, 3.05) is 41.5 Å². The fourth-order valence-electron chi connectivity index (χ4n) is 6.94. The molecule has 0 heterocycles. The molecule has 0 bridgehead atoms. The van der Waals surface area contributed by atoms with E-state index >= 15 is 0 Å². The van der Waals surface area contributed by atoms with Crippen molar-refractivity contribution in [2.45, 2.75) is 120 Å². The predicted molar refractivity (Wildman–Crippen MR) is 169 cm³/mol. The van der Waals surface area contributed by atoms with Crippen LogP contribution in [-0.4, -0.2) is 65.4 Å². The van der Waals surface area contributed by atoms with Gasteiger partial charge in [0.1, 0.15) is 0 Å². The molecule has 4 unspecified atom stereocenters. The monoisotopic (exact) mass is 613 g/mol. The van der Waals surface area contributed by atoms with Crippen LogP contribution >= 0.6 is 0 Å². The average Bonchev–Trinajstić information content (AvgIpc) is 2.92. The van der Waals surface area contributed by atoms with Crippen LogP contribution in [0.4, 0.5) is 0 Å². The van der Waals surface area contributed by atoms with Crippen molar-refractivity contribution in [1.29, 1.82) is 0 Å². The van der Waals surface area contributed by atoms with E-state index < -0.39 is 45.5 Å². The molecule has 252 valence electrons. The third-order valence-electron chi connectivity index (χ3n) is 9.51. The summed E-state index contributed by atoms with van der Waals surface area (Å²) in [6.07, 6.45) is 5.78. The van der Waals surface area contributed by atoms with Crippen LogP contribution in [0.2, 0.25) is 0 Å². The molecule has 0 aliphatic heterocycles. The van der Waals surface area contributed by atoms with Gasteiger partial charge in [0.2, 0.25) is 0 Å². The molecular formula is C34H63NO8. The molecule has 0 amide bonds. The van der Waals surface area contributed by atoms with Crippen LogP contribution < -0.4 is 5.32 Å². The van der Waals surface area contributed by atoms with Crippen molar-refractivity contribution < 1.29 is 38.1 Å². The van der Waals surface area contributed by atoms with Crippen LogP contribution in [0.5, 0.6) is 0 Å². The Kier molecular flexibility index (Phi) is 16.5. The zero-order valence-corrected chi connectivity index (χ0v) is 29.6. The Morgan fingerprint density at radius 3 is 1.77 bits per heavy atom. The molecule has 0 fully saturated rings. The fourth-order valence-corrected chi connectivity index (χ4v) is 6.94. The van der Waals surface area contributed by atoms with Crippen LogP contribution in [0.1, 0.15) is 120 Å². The van der Waals surface area contributed by atoms with Gasteiger partial charge in [-0.2, -0.15) is 0 Å². The van der Waals surface area contributed by atoms with E-state index in [4.69, 9.17) is 18.9 Å². The normalized spacial score (nSPS) is 17.0. The maximum absolute atomic E-state index is 13.9. The van der Waals surface area contributed by atoms with Gasteiger partial charge in [-0.3, -0.25) is 19.2 Å². The number of ether oxygens (including phenoxy) is 4. The van der Waals surface area contributed by atoms with E-state index in [9.17, 15) is 19.2 Å². The van der Waals surface area contributed by atoms with Gasteiger partial charge in [-0.1, -0.05) is 53.9 Å². The minimum Gasteiger partial charge on any atom is -0.469 e. The van der Waals surface area contributed by atoms with Gasteiger partial charge in [-0.05, 0) is 90.6 Å². The summed E-state index contributed by atoms with van der Waals surface area (Å²) in [6.45, 7) is 18.6. The van der Waals surface area contributed by atoms with Gasteiger partial charge in [0, 0.05) is 0 Å². The van der Waals surface area contributed by atoms with Gasteiger partial charge < -0.3 is 24.3 Å². The van der Waals surface area contributed by atoms with Crippen molar-refractivity contribution in [3.05, 3.63) is 0 Å². The molecule has 0 saturated carbocycles. The standard InChI is InChI=1S/C34H63NO8/c1-14-15-16-18-31(5,6)34(9,24-33(8,28(38)42-13)22-30(3,4)27(37)41-12)23-32(7,21-25(2)26(36)40-11)29(39)43-20-17-19-35-10/h25,35H,14-24H2,1-13H3. The second kappa shape index (κ2) is 17.4. The van der Waals surface area contributed by atoms with Gasteiger partial charge in [-0.15, -0.1) is 0 Å². The largest absolute Gasteiger partial charge is 0.469 e. The quantitative estimate of drug-likeness (QED) is 0.0878. The highest BCUT2D eigenvalue weighted by molar-refractivity contribution is 5.81. The lowest BCUT2D eigenvalue weighted by molar-refractivity contribution is -0.167. The Labute approximate surface area is 261 Å². The molecule has 43 heavy (non-hydrogen) atoms. The number of rotatable bonds is 21. The highest BCUT2D eigenvalue weighted by atomic mass is 16.5. The first-order valence-electron chi connectivity index (χ1n) is 15.8. The minimum atomic E-state index is -1.07. The number of carbonyl (C=O) groups excluding carboxylic acids is 4. The summed E-state index contributed by atoms with van der Waals surface area (Å²) in [6, 6.07) is 0. The first-order valence-corrected chi connectivity index (χ1v) is 15.8. The smallest absolute Gasteiger partial charge is 0.311 e. The van der Waals surface area contributed by atoms with E-state index in [0.29, 0.717) is 25.8 Å². The summed E-state index contributed by atoms with van der Waals surface area (Å²) in [5.74, 6) is -2.13. The first kappa shape index (κ1) is 40.8. The van der Waals surface area contributed by atoms with Crippen LogP contribution in [0.15, 0.2) is 0 Å². The Hall–Kier alpha value is -2.16. The number of nitrogens with one attached hydrogen (secondary N) is 1. The maximum atomic E-state index is 13.9. The van der Waals surface area contributed by atoms with Gasteiger partial charge in [-0.25, -0.2) is 0 Å². The van der Waals surface area contributed by atoms with E-state index in [2.05, 4.69) is 33.0 Å². The van der Waals surface area contributed by atoms with Gasteiger partial charge in [0.15, 0.2) is 0 Å². The van der Waals surface area contributed by atoms with Crippen molar-refractivity contribution in [3.8, 4) is 0 Å². The summed E-state index contributed by atoms with van der Waals surface area (Å²) in [5, 5.41) is 3.06.